The SMILES string of the molecule is COc1cc(C#N)c(OC2CCC(C)(C(=O)O)CC2)cc1C(=O)Nc1ccsc1C(=O)NCC1(C)CCC1. The first-order valence-corrected chi connectivity index (χ1v) is 13.6. The molecule has 0 radical (unpaired) electrons. The minimum absolute atomic E-state index is 0.132. The molecule has 2 fully saturated rings. The number of nitriles is 1. The van der Waals surface area contributed by atoms with Crippen LogP contribution >= 0.6 is 11.3 Å². The highest BCUT2D eigenvalue weighted by molar-refractivity contribution is 7.12. The summed E-state index contributed by atoms with van der Waals surface area (Å²) in [5, 5.41) is 26.7. The van der Waals surface area contributed by atoms with Crippen molar-refractivity contribution in [3.8, 4) is 17.6 Å². The summed E-state index contributed by atoms with van der Waals surface area (Å²) < 4.78 is 11.5. The van der Waals surface area contributed by atoms with E-state index in [4.69, 9.17) is 9.47 Å². The number of nitrogens with one attached hydrogen (secondary N) is 2. The van der Waals surface area contributed by atoms with Gasteiger partial charge in [0.1, 0.15) is 22.4 Å². The van der Waals surface area contributed by atoms with Gasteiger partial charge in [-0.05, 0) is 68.4 Å². The van der Waals surface area contributed by atoms with Crippen LogP contribution in [0, 0.1) is 22.2 Å². The number of thiophene rings is 1. The molecule has 4 rings (SSSR count). The Morgan fingerprint density at radius 1 is 1.13 bits per heavy atom. The largest absolute Gasteiger partial charge is 0.496 e. The maximum atomic E-state index is 13.3. The molecule has 10 heteroatoms. The lowest BCUT2D eigenvalue weighted by atomic mass is 9.70. The number of hydrogen-bond donors (Lipinski definition) is 3. The molecule has 2 amide bonds. The molecule has 0 unspecified atom stereocenters. The standard InChI is InChI=1S/C28H33N3O6S/c1-27(8-4-9-27)16-30-25(33)23-20(7-12-38-23)31-24(32)19-14-21(17(15-29)13-22(19)36-3)37-18-5-10-28(2,11-6-18)26(34)35/h7,12-14,18H,4-6,8-11,16H2,1-3H3,(H,30,33)(H,31,32)(H,34,35). The van der Waals surface area contributed by atoms with Gasteiger partial charge >= 0.3 is 5.97 Å². The van der Waals surface area contributed by atoms with Crippen molar-refractivity contribution in [3.05, 3.63) is 39.6 Å². The minimum atomic E-state index is -0.823. The summed E-state index contributed by atoms with van der Waals surface area (Å²) in [6, 6.07) is 6.69. The molecule has 2 aliphatic carbocycles. The zero-order valence-electron chi connectivity index (χ0n) is 21.9. The van der Waals surface area contributed by atoms with Crippen LogP contribution in [-0.4, -0.2) is 42.6 Å². The van der Waals surface area contributed by atoms with Crippen LogP contribution in [-0.2, 0) is 4.79 Å². The molecule has 202 valence electrons. The first-order chi connectivity index (χ1) is 18.1. The van der Waals surface area contributed by atoms with Crippen molar-refractivity contribution in [2.24, 2.45) is 10.8 Å². The van der Waals surface area contributed by atoms with Crippen LogP contribution in [0.1, 0.15) is 84.4 Å². The van der Waals surface area contributed by atoms with Gasteiger partial charge in [0, 0.05) is 12.6 Å². The topological polar surface area (TPSA) is 138 Å². The smallest absolute Gasteiger partial charge is 0.309 e. The monoisotopic (exact) mass is 539 g/mol. The summed E-state index contributed by atoms with van der Waals surface area (Å²) in [4.78, 5) is 38.1. The first kappa shape index (κ1) is 27.5. The molecule has 0 aliphatic heterocycles. The van der Waals surface area contributed by atoms with Gasteiger partial charge < -0.3 is 25.2 Å². The second-order valence-electron chi connectivity index (χ2n) is 10.8. The Morgan fingerprint density at radius 3 is 2.42 bits per heavy atom. The first-order valence-electron chi connectivity index (χ1n) is 12.8. The Morgan fingerprint density at radius 2 is 1.84 bits per heavy atom. The zero-order chi connectivity index (χ0) is 27.5. The van der Waals surface area contributed by atoms with Gasteiger partial charge in [-0.3, -0.25) is 14.4 Å². The molecular formula is C28H33N3O6S. The van der Waals surface area contributed by atoms with Crippen LogP contribution < -0.4 is 20.1 Å². The van der Waals surface area contributed by atoms with Gasteiger partial charge in [0.2, 0.25) is 0 Å². The van der Waals surface area contributed by atoms with Crippen molar-refractivity contribution in [2.45, 2.75) is 64.9 Å². The average molecular weight is 540 g/mol. The molecule has 0 spiro atoms. The van der Waals surface area contributed by atoms with E-state index in [1.807, 2.05) is 0 Å². The summed E-state index contributed by atoms with van der Waals surface area (Å²) in [5.41, 5.74) is 0.110. The van der Waals surface area contributed by atoms with Crippen LogP contribution in [0.25, 0.3) is 0 Å². The molecule has 0 atom stereocenters. The van der Waals surface area contributed by atoms with Crippen molar-refractivity contribution >= 4 is 34.8 Å². The number of amides is 2. The van der Waals surface area contributed by atoms with Gasteiger partial charge in [0.25, 0.3) is 11.8 Å². The summed E-state index contributed by atoms with van der Waals surface area (Å²) in [6.07, 6.45) is 5.03. The Labute approximate surface area is 226 Å². The fraction of sp³-hybridized carbons (Fsp3) is 0.500. The lowest BCUT2D eigenvalue weighted by molar-refractivity contribution is -0.150. The van der Waals surface area contributed by atoms with Crippen molar-refractivity contribution in [1.29, 1.82) is 5.26 Å². The molecule has 0 saturated heterocycles. The fourth-order valence-electron chi connectivity index (χ4n) is 4.94. The van der Waals surface area contributed by atoms with Crippen LogP contribution in [0.2, 0.25) is 0 Å². The van der Waals surface area contributed by atoms with E-state index >= 15 is 0 Å². The molecule has 1 aromatic heterocycles. The summed E-state index contributed by atoms with van der Waals surface area (Å²) >= 11 is 1.25. The van der Waals surface area contributed by atoms with Crippen molar-refractivity contribution in [1.82, 2.24) is 5.32 Å². The minimum Gasteiger partial charge on any atom is -0.496 e. The van der Waals surface area contributed by atoms with E-state index in [1.165, 1.54) is 37.0 Å². The summed E-state index contributed by atoms with van der Waals surface area (Å²) in [5.74, 6) is -1.12. The quantitative estimate of drug-likeness (QED) is 0.397. The van der Waals surface area contributed by atoms with E-state index in [0.29, 0.717) is 42.8 Å². The predicted octanol–water partition coefficient (Wildman–Crippen LogP) is 5.21. The number of hydrogen-bond acceptors (Lipinski definition) is 7. The van der Waals surface area contributed by atoms with E-state index in [2.05, 4.69) is 23.6 Å². The maximum absolute atomic E-state index is 13.3. The number of carboxylic acid groups (broad SMARTS) is 1. The normalized spacial score (nSPS) is 21.9. The average Bonchev–Trinajstić information content (AvgIpc) is 3.35. The van der Waals surface area contributed by atoms with Crippen LogP contribution in [0.3, 0.4) is 0 Å². The lowest BCUT2D eigenvalue weighted by Crippen LogP contribution is -2.39. The molecule has 1 heterocycles. The van der Waals surface area contributed by atoms with Gasteiger partial charge in [-0.25, -0.2) is 0 Å². The highest BCUT2D eigenvalue weighted by Crippen LogP contribution is 2.40. The highest BCUT2D eigenvalue weighted by atomic mass is 32.1. The number of nitrogens with zero attached hydrogens (tertiary/aromatic N) is 1. The van der Waals surface area contributed by atoms with Gasteiger partial charge in [-0.15, -0.1) is 11.3 Å². The Balaban J connectivity index is 1.49. The van der Waals surface area contributed by atoms with E-state index in [1.54, 1.807) is 18.4 Å². The number of anilines is 1. The van der Waals surface area contributed by atoms with E-state index in [9.17, 15) is 24.8 Å². The second-order valence-corrected chi connectivity index (χ2v) is 11.7. The number of carboxylic acids is 1. The molecule has 1 aromatic carbocycles. The third-order valence-electron chi connectivity index (χ3n) is 7.87. The number of aliphatic carboxylic acids is 1. The number of methoxy groups -OCH3 is 1. The number of ether oxygens (including phenoxy) is 2. The zero-order valence-corrected chi connectivity index (χ0v) is 22.7. The molecular weight excluding hydrogens is 506 g/mol. The fourth-order valence-corrected chi connectivity index (χ4v) is 5.70. The van der Waals surface area contributed by atoms with Crippen LogP contribution in [0.4, 0.5) is 5.69 Å². The Kier molecular flexibility index (Phi) is 7.97. The van der Waals surface area contributed by atoms with Crippen molar-refractivity contribution < 1.29 is 29.0 Å². The second kappa shape index (κ2) is 11.0. The lowest BCUT2D eigenvalue weighted by Gasteiger charge is -2.38. The van der Waals surface area contributed by atoms with E-state index < -0.39 is 17.3 Å². The van der Waals surface area contributed by atoms with Gasteiger partial charge in [0.05, 0.1) is 35.4 Å². The highest BCUT2D eigenvalue weighted by Gasteiger charge is 2.38. The number of rotatable bonds is 9. The maximum Gasteiger partial charge on any atom is 0.309 e. The molecule has 38 heavy (non-hydrogen) atoms. The molecule has 2 saturated carbocycles. The number of carbonyl (C=O) groups is 3. The van der Waals surface area contributed by atoms with Crippen molar-refractivity contribution in [2.75, 3.05) is 19.0 Å². The van der Waals surface area contributed by atoms with Crippen molar-refractivity contribution in [3.63, 3.8) is 0 Å². The van der Waals surface area contributed by atoms with Gasteiger partial charge in [0.15, 0.2) is 0 Å². The summed E-state index contributed by atoms with van der Waals surface area (Å²) in [7, 11) is 1.41. The molecule has 3 N–H and O–H groups in total. The molecule has 9 nitrogen and oxygen atoms in total. The van der Waals surface area contributed by atoms with Gasteiger partial charge in [-0.1, -0.05) is 13.3 Å². The van der Waals surface area contributed by atoms with Crippen LogP contribution in [0.5, 0.6) is 11.5 Å². The molecule has 2 aliphatic rings. The Hall–Kier alpha value is -3.58. The Bertz CT molecular complexity index is 1270. The van der Waals surface area contributed by atoms with E-state index in [0.717, 1.165) is 12.8 Å². The third kappa shape index (κ3) is 5.78. The van der Waals surface area contributed by atoms with Gasteiger partial charge in [-0.2, -0.15) is 5.26 Å². The molecule has 2 aromatic rings. The number of benzene rings is 1. The molecule has 0 bridgehead atoms. The summed E-state index contributed by atoms with van der Waals surface area (Å²) in [6.45, 7) is 4.48. The predicted molar refractivity (Wildman–Crippen MR) is 143 cm³/mol. The third-order valence-corrected chi connectivity index (χ3v) is 8.78. The van der Waals surface area contributed by atoms with Crippen LogP contribution in [0.15, 0.2) is 23.6 Å². The van der Waals surface area contributed by atoms with E-state index in [-0.39, 0.29) is 40.1 Å². The number of carbonyl (C=O) groups excluding carboxylic acids is 2.